The molecule has 0 radical (unpaired) electrons. The first-order valence-corrected chi connectivity index (χ1v) is 11.9. The van der Waals surface area contributed by atoms with Crippen molar-refractivity contribution in [1.82, 2.24) is 4.40 Å². The van der Waals surface area contributed by atoms with Crippen molar-refractivity contribution in [2.24, 2.45) is 0 Å². The van der Waals surface area contributed by atoms with Gasteiger partial charge >= 0.3 is 5.97 Å². The number of anilines is 1. The molecule has 172 valence electrons. The fraction of sp³-hybridized carbons (Fsp3) is 0.120. The summed E-state index contributed by atoms with van der Waals surface area (Å²) in [6.07, 6.45) is 3.56. The van der Waals surface area contributed by atoms with Crippen LogP contribution in [-0.2, 0) is 21.4 Å². The van der Waals surface area contributed by atoms with Gasteiger partial charge in [0.15, 0.2) is 0 Å². The van der Waals surface area contributed by atoms with Crippen molar-refractivity contribution in [3.63, 3.8) is 0 Å². The van der Waals surface area contributed by atoms with Crippen molar-refractivity contribution < 1.29 is 22.7 Å². The SMILES string of the molecule is CCOc1ccc(S(=O)(=O)Nc2ccc(C(=O)OCc3cn4ccccc4c3C#N)cc2)cc1. The predicted molar refractivity (Wildman–Crippen MR) is 126 cm³/mol. The Morgan fingerprint density at radius 2 is 1.79 bits per heavy atom. The van der Waals surface area contributed by atoms with Gasteiger partial charge in [0.1, 0.15) is 18.4 Å². The Labute approximate surface area is 197 Å². The van der Waals surface area contributed by atoms with Crippen LogP contribution in [0, 0.1) is 11.3 Å². The number of hydrogen-bond acceptors (Lipinski definition) is 6. The van der Waals surface area contributed by atoms with E-state index in [-0.39, 0.29) is 17.1 Å². The summed E-state index contributed by atoms with van der Waals surface area (Å²) < 4.78 is 40.2. The van der Waals surface area contributed by atoms with Gasteiger partial charge < -0.3 is 13.9 Å². The van der Waals surface area contributed by atoms with Crippen molar-refractivity contribution in [1.29, 1.82) is 5.26 Å². The summed E-state index contributed by atoms with van der Waals surface area (Å²) in [6, 6.07) is 19.6. The molecule has 0 atom stereocenters. The molecule has 0 aliphatic carbocycles. The Morgan fingerprint density at radius 1 is 1.06 bits per heavy atom. The molecule has 9 heteroatoms. The standard InChI is InChI=1S/C25H21N3O5S/c1-2-32-21-10-12-22(13-11-21)34(30,31)27-20-8-6-18(7-9-20)25(29)33-17-19-16-28-14-4-3-5-24(28)23(19)15-26/h3-14,16,27H,2,17H2,1H3. The summed E-state index contributed by atoms with van der Waals surface area (Å²) >= 11 is 0. The number of nitrogens with zero attached hydrogens (tertiary/aromatic N) is 2. The van der Waals surface area contributed by atoms with Gasteiger partial charge in [0, 0.05) is 23.6 Å². The van der Waals surface area contributed by atoms with E-state index in [2.05, 4.69) is 10.8 Å². The molecule has 1 N–H and O–H groups in total. The molecule has 0 saturated heterocycles. The van der Waals surface area contributed by atoms with Gasteiger partial charge in [0.25, 0.3) is 10.0 Å². The molecular weight excluding hydrogens is 454 g/mol. The van der Waals surface area contributed by atoms with Crippen LogP contribution >= 0.6 is 0 Å². The van der Waals surface area contributed by atoms with Gasteiger partial charge in [-0.1, -0.05) is 6.07 Å². The number of benzene rings is 2. The van der Waals surface area contributed by atoms with Crippen molar-refractivity contribution in [2.75, 3.05) is 11.3 Å². The number of fused-ring (bicyclic) bond motifs is 1. The molecule has 0 unspecified atom stereocenters. The number of rotatable bonds is 8. The van der Waals surface area contributed by atoms with E-state index in [0.717, 1.165) is 5.52 Å². The van der Waals surface area contributed by atoms with E-state index in [1.807, 2.05) is 31.3 Å². The fourth-order valence-electron chi connectivity index (χ4n) is 3.41. The molecule has 2 aromatic carbocycles. The van der Waals surface area contributed by atoms with E-state index in [9.17, 15) is 18.5 Å². The second-order valence-electron chi connectivity index (χ2n) is 7.30. The number of esters is 1. The molecule has 0 aliphatic heterocycles. The van der Waals surface area contributed by atoms with Gasteiger partial charge in [0.05, 0.1) is 28.1 Å². The van der Waals surface area contributed by atoms with Crippen LogP contribution in [0.3, 0.4) is 0 Å². The number of nitriles is 1. The van der Waals surface area contributed by atoms with Gasteiger partial charge in [-0.2, -0.15) is 5.26 Å². The highest BCUT2D eigenvalue weighted by Gasteiger charge is 2.16. The maximum Gasteiger partial charge on any atom is 0.338 e. The van der Waals surface area contributed by atoms with Crippen molar-refractivity contribution in [3.05, 3.63) is 95.8 Å². The molecule has 0 bridgehead atoms. The molecule has 4 rings (SSSR count). The molecule has 0 fully saturated rings. The lowest BCUT2D eigenvalue weighted by molar-refractivity contribution is 0.0472. The highest BCUT2D eigenvalue weighted by Crippen LogP contribution is 2.21. The molecule has 0 spiro atoms. The minimum absolute atomic E-state index is 0.0600. The zero-order valence-corrected chi connectivity index (χ0v) is 19.1. The first kappa shape index (κ1) is 22.9. The van der Waals surface area contributed by atoms with Crippen LogP contribution in [0.2, 0.25) is 0 Å². The van der Waals surface area contributed by atoms with Crippen LogP contribution in [-0.4, -0.2) is 25.4 Å². The Morgan fingerprint density at radius 3 is 2.47 bits per heavy atom. The lowest BCUT2D eigenvalue weighted by Crippen LogP contribution is -2.13. The van der Waals surface area contributed by atoms with Gasteiger partial charge in [-0.05, 0) is 67.6 Å². The number of aromatic nitrogens is 1. The molecule has 0 aliphatic rings. The van der Waals surface area contributed by atoms with Crippen LogP contribution in [0.1, 0.15) is 28.4 Å². The number of sulfonamides is 1. The molecule has 0 amide bonds. The first-order valence-electron chi connectivity index (χ1n) is 10.4. The topological polar surface area (TPSA) is 110 Å². The Hall–Kier alpha value is -4.29. The molecule has 34 heavy (non-hydrogen) atoms. The third-order valence-corrected chi connectivity index (χ3v) is 6.45. The minimum atomic E-state index is -3.80. The number of ether oxygens (including phenoxy) is 2. The Kier molecular flexibility index (Phi) is 6.52. The minimum Gasteiger partial charge on any atom is -0.494 e. The zero-order valence-electron chi connectivity index (χ0n) is 18.3. The van der Waals surface area contributed by atoms with Crippen molar-refractivity contribution in [3.8, 4) is 11.8 Å². The van der Waals surface area contributed by atoms with E-state index in [4.69, 9.17) is 9.47 Å². The number of hydrogen-bond donors (Lipinski definition) is 1. The maximum atomic E-state index is 12.6. The number of nitrogens with one attached hydrogen (secondary N) is 1. The van der Waals surface area contributed by atoms with Gasteiger partial charge in [-0.15, -0.1) is 0 Å². The second-order valence-corrected chi connectivity index (χ2v) is 8.98. The predicted octanol–water partition coefficient (Wildman–Crippen LogP) is 4.37. The van der Waals surface area contributed by atoms with E-state index >= 15 is 0 Å². The molecule has 8 nitrogen and oxygen atoms in total. The third-order valence-electron chi connectivity index (χ3n) is 5.05. The maximum absolute atomic E-state index is 12.6. The Balaban J connectivity index is 1.41. The van der Waals surface area contributed by atoms with Crippen molar-refractivity contribution >= 4 is 27.2 Å². The van der Waals surface area contributed by atoms with E-state index in [1.54, 1.807) is 22.7 Å². The van der Waals surface area contributed by atoms with Crippen LogP contribution in [0.15, 0.2) is 84.0 Å². The van der Waals surface area contributed by atoms with E-state index in [1.165, 1.54) is 36.4 Å². The third kappa shape index (κ3) is 4.87. The van der Waals surface area contributed by atoms with E-state index in [0.29, 0.717) is 29.2 Å². The normalized spacial score (nSPS) is 11.1. The smallest absolute Gasteiger partial charge is 0.338 e. The molecule has 2 heterocycles. The summed E-state index contributed by atoms with van der Waals surface area (Å²) in [5.74, 6) is -0.000266. The molecular formula is C25H21N3O5S. The van der Waals surface area contributed by atoms with Gasteiger partial charge in [0.2, 0.25) is 0 Å². The molecule has 2 aromatic heterocycles. The fourth-order valence-corrected chi connectivity index (χ4v) is 4.47. The average Bonchev–Trinajstić information content (AvgIpc) is 3.21. The second kappa shape index (κ2) is 9.68. The van der Waals surface area contributed by atoms with Gasteiger partial charge in [-0.3, -0.25) is 4.72 Å². The number of pyridine rings is 1. The van der Waals surface area contributed by atoms with E-state index < -0.39 is 16.0 Å². The highest BCUT2D eigenvalue weighted by atomic mass is 32.2. The van der Waals surface area contributed by atoms with Crippen LogP contribution in [0.4, 0.5) is 5.69 Å². The first-order chi connectivity index (χ1) is 16.4. The summed E-state index contributed by atoms with van der Waals surface area (Å²) in [5, 5.41) is 9.46. The number of carbonyl (C=O) groups is 1. The monoisotopic (exact) mass is 475 g/mol. The summed E-state index contributed by atoms with van der Waals surface area (Å²) in [7, 11) is -3.80. The summed E-state index contributed by atoms with van der Waals surface area (Å²) in [5.41, 5.74) is 2.34. The van der Waals surface area contributed by atoms with Crippen LogP contribution in [0.25, 0.3) is 5.52 Å². The van der Waals surface area contributed by atoms with Crippen LogP contribution in [0.5, 0.6) is 5.75 Å². The summed E-state index contributed by atoms with van der Waals surface area (Å²) in [4.78, 5) is 12.6. The van der Waals surface area contributed by atoms with Crippen molar-refractivity contribution in [2.45, 2.75) is 18.4 Å². The lowest BCUT2D eigenvalue weighted by atomic mass is 10.2. The van der Waals surface area contributed by atoms with Crippen LogP contribution < -0.4 is 9.46 Å². The highest BCUT2D eigenvalue weighted by molar-refractivity contribution is 7.92. The molecule has 4 aromatic rings. The zero-order chi connectivity index (χ0) is 24.1. The average molecular weight is 476 g/mol. The van der Waals surface area contributed by atoms with Gasteiger partial charge in [-0.25, -0.2) is 13.2 Å². The largest absolute Gasteiger partial charge is 0.494 e. The number of carbonyl (C=O) groups excluding carboxylic acids is 1. The Bertz CT molecular complexity index is 1470. The lowest BCUT2D eigenvalue weighted by Gasteiger charge is -2.10. The molecule has 0 saturated carbocycles. The summed E-state index contributed by atoms with van der Waals surface area (Å²) in [6.45, 7) is 2.27. The quantitative estimate of drug-likeness (QED) is 0.379.